The van der Waals surface area contributed by atoms with E-state index in [9.17, 15) is 40.5 Å². The smallest absolute Gasteiger partial charge is 0.306 e. The molecule has 2 aliphatic heterocycles. The van der Waals surface area contributed by atoms with Gasteiger partial charge in [0.05, 0.1) is 26.4 Å². The first-order valence-corrected chi connectivity index (χ1v) is 28.2. The van der Waals surface area contributed by atoms with Gasteiger partial charge in [0.2, 0.25) is 0 Å². The zero-order valence-corrected chi connectivity index (χ0v) is 44.2. The third-order valence-corrected chi connectivity index (χ3v) is 13.3. The standard InChI is InChI=1S/C57H102O14/c1-3-5-7-9-11-13-15-17-19-21-22-23-24-25-26-28-30-32-34-36-38-40-49(59)69-46(43-66-41-39-37-35-33-31-29-27-20-18-16-14-12-10-8-6-4-2)44-67-56-55(65)53(63)51(61)48(71-56)45-68-57-54(64)52(62)50(60)47(42-58)70-57/h12,14-15,17-18,20-22,46-48,50-58,60-65H,3-11,13,16,19,23-45H2,1-2H3/b14-12-,17-15-,20-18-,22-21-. The van der Waals surface area contributed by atoms with Crippen LogP contribution in [-0.2, 0) is 33.2 Å². The van der Waals surface area contributed by atoms with Crippen molar-refractivity contribution < 1.29 is 69.0 Å². The molecule has 414 valence electrons. The zero-order valence-electron chi connectivity index (χ0n) is 44.2. The molecule has 71 heavy (non-hydrogen) atoms. The Bertz CT molecular complexity index is 1360. The molecule has 0 aliphatic carbocycles. The fourth-order valence-electron chi connectivity index (χ4n) is 8.70. The largest absolute Gasteiger partial charge is 0.457 e. The molecule has 2 heterocycles. The lowest BCUT2D eigenvalue weighted by molar-refractivity contribution is -0.332. The van der Waals surface area contributed by atoms with Gasteiger partial charge in [-0.25, -0.2) is 0 Å². The monoisotopic (exact) mass is 1010 g/mol. The van der Waals surface area contributed by atoms with Crippen molar-refractivity contribution in [2.24, 2.45) is 0 Å². The maximum Gasteiger partial charge on any atom is 0.306 e. The van der Waals surface area contributed by atoms with Crippen LogP contribution in [-0.4, -0.2) is 142 Å². The molecule has 2 aliphatic rings. The van der Waals surface area contributed by atoms with Crippen molar-refractivity contribution in [1.29, 1.82) is 0 Å². The molecule has 0 spiro atoms. The van der Waals surface area contributed by atoms with E-state index in [-0.39, 0.29) is 25.6 Å². The van der Waals surface area contributed by atoms with Gasteiger partial charge in [0.15, 0.2) is 12.6 Å². The first kappa shape index (κ1) is 65.1. The van der Waals surface area contributed by atoms with E-state index >= 15 is 0 Å². The van der Waals surface area contributed by atoms with Gasteiger partial charge in [-0.2, -0.15) is 0 Å². The van der Waals surface area contributed by atoms with Crippen LogP contribution in [0.15, 0.2) is 48.6 Å². The first-order chi connectivity index (χ1) is 34.6. The van der Waals surface area contributed by atoms with Crippen LogP contribution in [0.25, 0.3) is 0 Å². The van der Waals surface area contributed by atoms with Gasteiger partial charge in [0.1, 0.15) is 54.9 Å². The van der Waals surface area contributed by atoms with Crippen molar-refractivity contribution in [3.8, 4) is 0 Å². The summed E-state index contributed by atoms with van der Waals surface area (Å²) in [5.41, 5.74) is 0. The van der Waals surface area contributed by atoms with Crippen molar-refractivity contribution in [3.63, 3.8) is 0 Å². The summed E-state index contributed by atoms with van der Waals surface area (Å²) in [6, 6.07) is 0. The molecule has 14 heteroatoms. The minimum Gasteiger partial charge on any atom is -0.457 e. The second-order valence-electron chi connectivity index (χ2n) is 19.8. The summed E-state index contributed by atoms with van der Waals surface area (Å²) in [5, 5.41) is 72.3. The predicted octanol–water partition coefficient (Wildman–Crippen LogP) is 9.52. The second-order valence-corrected chi connectivity index (χ2v) is 19.8. The van der Waals surface area contributed by atoms with E-state index < -0.39 is 80.7 Å². The van der Waals surface area contributed by atoms with Crippen molar-refractivity contribution in [1.82, 2.24) is 0 Å². The van der Waals surface area contributed by atoms with E-state index in [1.165, 1.54) is 109 Å². The minimum atomic E-state index is -1.71. The Hall–Kier alpha value is -2.05. The molecule has 14 nitrogen and oxygen atoms in total. The van der Waals surface area contributed by atoms with E-state index in [1.807, 2.05) is 0 Å². The van der Waals surface area contributed by atoms with Gasteiger partial charge in [-0.05, 0) is 77.0 Å². The van der Waals surface area contributed by atoms with Gasteiger partial charge < -0.3 is 64.2 Å². The summed E-state index contributed by atoms with van der Waals surface area (Å²) in [6.45, 7) is 3.63. The highest BCUT2D eigenvalue weighted by atomic mass is 16.7. The lowest BCUT2D eigenvalue weighted by Crippen LogP contribution is -2.61. The summed E-state index contributed by atoms with van der Waals surface area (Å²) in [4.78, 5) is 13.1. The molecule has 2 saturated heterocycles. The highest BCUT2D eigenvalue weighted by Crippen LogP contribution is 2.26. The Morgan fingerprint density at radius 1 is 0.465 bits per heavy atom. The lowest BCUT2D eigenvalue weighted by atomic mass is 9.98. The number of hydrogen-bond acceptors (Lipinski definition) is 14. The molecule has 11 unspecified atom stereocenters. The highest BCUT2D eigenvalue weighted by Gasteiger charge is 2.47. The van der Waals surface area contributed by atoms with Gasteiger partial charge in [-0.3, -0.25) is 4.79 Å². The fraction of sp³-hybridized carbons (Fsp3) is 0.842. The van der Waals surface area contributed by atoms with Gasteiger partial charge in [-0.15, -0.1) is 0 Å². The molecule has 11 atom stereocenters. The number of esters is 1. The SMILES string of the molecule is CCCCC/C=C\C/C=C\CCCCCCCCOCC(COC1OC(COC2OC(CO)C(O)C(O)C2O)C(O)C(O)C1O)OC(=O)CCCCCCCCCCC/C=C\C/C=C\CCCCCCC. The van der Waals surface area contributed by atoms with E-state index in [0.717, 1.165) is 70.6 Å². The molecule has 0 saturated carbocycles. The quantitative estimate of drug-likeness (QED) is 0.0172. The van der Waals surface area contributed by atoms with Crippen molar-refractivity contribution >= 4 is 5.97 Å². The van der Waals surface area contributed by atoms with Gasteiger partial charge in [-0.1, -0.05) is 172 Å². The Morgan fingerprint density at radius 2 is 0.873 bits per heavy atom. The molecule has 0 aromatic heterocycles. The number of hydrogen-bond donors (Lipinski definition) is 7. The van der Waals surface area contributed by atoms with E-state index in [1.54, 1.807) is 0 Å². The van der Waals surface area contributed by atoms with Crippen molar-refractivity contribution in [2.75, 3.05) is 33.0 Å². The summed E-state index contributed by atoms with van der Waals surface area (Å²) in [7, 11) is 0. The normalized spacial score (nSPS) is 25.6. The molecule has 0 amide bonds. The molecule has 2 rings (SSSR count). The average Bonchev–Trinajstić information content (AvgIpc) is 3.37. The molecule has 2 fully saturated rings. The highest BCUT2D eigenvalue weighted by molar-refractivity contribution is 5.69. The van der Waals surface area contributed by atoms with Gasteiger partial charge in [0, 0.05) is 13.0 Å². The number of ether oxygens (including phenoxy) is 6. The summed E-state index contributed by atoms with van der Waals surface area (Å²) < 4.78 is 34.3. The fourth-order valence-corrected chi connectivity index (χ4v) is 8.70. The lowest BCUT2D eigenvalue weighted by Gasteiger charge is -2.42. The van der Waals surface area contributed by atoms with Gasteiger partial charge in [0.25, 0.3) is 0 Å². The molecule has 0 bridgehead atoms. The Labute approximate surface area is 429 Å². The molecule has 0 aromatic rings. The predicted molar refractivity (Wildman–Crippen MR) is 279 cm³/mol. The maximum atomic E-state index is 13.1. The minimum absolute atomic E-state index is 0.0522. The second kappa shape index (κ2) is 44.3. The molecule has 7 N–H and O–H groups in total. The first-order valence-electron chi connectivity index (χ1n) is 28.2. The number of unbranched alkanes of at least 4 members (excludes halogenated alkanes) is 23. The van der Waals surface area contributed by atoms with Crippen LogP contribution < -0.4 is 0 Å². The van der Waals surface area contributed by atoms with Crippen LogP contribution in [0.2, 0.25) is 0 Å². The van der Waals surface area contributed by atoms with Crippen LogP contribution >= 0.6 is 0 Å². The van der Waals surface area contributed by atoms with Crippen molar-refractivity contribution in [3.05, 3.63) is 48.6 Å². The Balaban J connectivity index is 1.73. The van der Waals surface area contributed by atoms with Crippen LogP contribution in [0, 0.1) is 0 Å². The van der Waals surface area contributed by atoms with Crippen LogP contribution in [0.5, 0.6) is 0 Å². The van der Waals surface area contributed by atoms with Crippen LogP contribution in [0.1, 0.15) is 206 Å². The molecule has 0 aromatic carbocycles. The number of aliphatic hydroxyl groups is 7. The van der Waals surface area contributed by atoms with E-state index in [0.29, 0.717) is 13.0 Å². The van der Waals surface area contributed by atoms with E-state index in [2.05, 4.69) is 62.5 Å². The average molecular weight is 1010 g/mol. The number of carbonyl (C=O) groups excluding carboxylic acids is 1. The van der Waals surface area contributed by atoms with Crippen LogP contribution in [0.4, 0.5) is 0 Å². The van der Waals surface area contributed by atoms with Gasteiger partial charge >= 0.3 is 5.97 Å². The third-order valence-electron chi connectivity index (χ3n) is 13.3. The molecular weight excluding hydrogens is 909 g/mol. The molecule has 0 radical (unpaired) electrons. The number of aliphatic hydroxyl groups excluding tert-OH is 7. The molecular formula is C57H102O14. The summed E-state index contributed by atoms with van der Waals surface area (Å²) in [5.74, 6) is -0.384. The third kappa shape index (κ3) is 31.4. The summed E-state index contributed by atoms with van der Waals surface area (Å²) >= 11 is 0. The maximum absolute atomic E-state index is 13.1. The number of rotatable bonds is 45. The van der Waals surface area contributed by atoms with Crippen molar-refractivity contribution in [2.45, 2.75) is 274 Å². The number of carbonyl (C=O) groups is 1. The Morgan fingerprint density at radius 3 is 1.38 bits per heavy atom. The topological polar surface area (TPSA) is 214 Å². The summed E-state index contributed by atoms with van der Waals surface area (Å²) in [6.07, 6.45) is 35.9. The Kier molecular flexibility index (Phi) is 40.6. The van der Waals surface area contributed by atoms with Crippen LogP contribution in [0.3, 0.4) is 0 Å². The zero-order chi connectivity index (χ0) is 51.6. The van der Waals surface area contributed by atoms with E-state index in [4.69, 9.17) is 28.4 Å². The number of allylic oxidation sites excluding steroid dienone is 8.